The van der Waals surface area contributed by atoms with E-state index < -0.39 is 5.60 Å². The van der Waals surface area contributed by atoms with Gasteiger partial charge in [-0.3, -0.25) is 4.79 Å². The molecule has 0 spiro atoms. The Morgan fingerprint density at radius 2 is 1.88 bits per heavy atom. The van der Waals surface area contributed by atoms with Gasteiger partial charge in [-0.1, -0.05) is 30.3 Å². The molecule has 2 N–H and O–H groups in total. The summed E-state index contributed by atoms with van der Waals surface area (Å²) in [6.45, 7) is 5.15. The zero-order valence-corrected chi connectivity index (χ0v) is 15.5. The molecule has 0 atom stereocenters. The molecular formula is C21H27N3O2. The van der Waals surface area contributed by atoms with Gasteiger partial charge in [0.25, 0.3) is 5.91 Å². The molecule has 1 aliphatic rings. The maximum atomic E-state index is 12.9. The molecule has 1 saturated heterocycles. The third kappa shape index (κ3) is 4.41. The van der Waals surface area contributed by atoms with E-state index in [1.165, 1.54) is 0 Å². The van der Waals surface area contributed by atoms with E-state index in [1.54, 1.807) is 12.3 Å². The number of pyridine rings is 1. The first kappa shape index (κ1) is 18.4. The van der Waals surface area contributed by atoms with Gasteiger partial charge in [0.2, 0.25) is 0 Å². The van der Waals surface area contributed by atoms with Crippen LogP contribution in [0.1, 0.15) is 42.6 Å². The average molecular weight is 353 g/mol. The number of nitrogens with one attached hydrogen (secondary N) is 1. The van der Waals surface area contributed by atoms with Gasteiger partial charge in [-0.25, -0.2) is 4.98 Å². The molecule has 1 fully saturated rings. The number of piperidine rings is 1. The fourth-order valence-electron chi connectivity index (χ4n) is 3.42. The van der Waals surface area contributed by atoms with E-state index in [2.05, 4.69) is 10.3 Å². The molecule has 138 valence electrons. The molecule has 5 heteroatoms. The summed E-state index contributed by atoms with van der Waals surface area (Å²) < 4.78 is 0. The van der Waals surface area contributed by atoms with Crippen molar-refractivity contribution in [3.05, 3.63) is 59.8 Å². The first-order chi connectivity index (χ1) is 12.5. The molecule has 26 heavy (non-hydrogen) atoms. The first-order valence-corrected chi connectivity index (χ1v) is 9.24. The molecule has 1 aromatic heterocycles. The number of carbonyl (C=O) groups excluding carboxylic acids is 1. The lowest BCUT2D eigenvalue weighted by atomic mass is 9.85. The number of rotatable bonds is 5. The fraction of sp³-hybridized carbons (Fsp3) is 0.429. The van der Waals surface area contributed by atoms with E-state index in [4.69, 9.17) is 0 Å². The van der Waals surface area contributed by atoms with E-state index >= 15 is 0 Å². The molecule has 5 nitrogen and oxygen atoms in total. The lowest BCUT2D eigenvalue weighted by Crippen LogP contribution is -2.47. The smallest absolute Gasteiger partial charge is 0.257 e. The van der Waals surface area contributed by atoms with Crippen LogP contribution in [0.15, 0.2) is 48.7 Å². The number of hydrogen-bond acceptors (Lipinski definition) is 4. The van der Waals surface area contributed by atoms with Crippen molar-refractivity contribution in [2.45, 2.75) is 44.8 Å². The highest BCUT2D eigenvalue weighted by Gasteiger charge is 2.34. The number of nitrogens with zero attached hydrogens (tertiary/aromatic N) is 2. The van der Waals surface area contributed by atoms with Crippen LogP contribution in [0.25, 0.3) is 0 Å². The lowest BCUT2D eigenvalue weighted by molar-refractivity contribution is -0.0162. The quantitative estimate of drug-likeness (QED) is 0.867. The number of aromatic nitrogens is 1. The normalized spacial score (nSPS) is 16.5. The number of amides is 1. The van der Waals surface area contributed by atoms with Gasteiger partial charge in [0.1, 0.15) is 5.82 Å². The van der Waals surface area contributed by atoms with Gasteiger partial charge in [-0.2, -0.15) is 0 Å². The number of hydrogen-bond donors (Lipinski definition) is 2. The Hall–Kier alpha value is -2.40. The molecule has 0 bridgehead atoms. The summed E-state index contributed by atoms with van der Waals surface area (Å²) in [4.78, 5) is 19.1. The van der Waals surface area contributed by atoms with Crippen molar-refractivity contribution in [3.63, 3.8) is 0 Å². The minimum absolute atomic E-state index is 0.0250. The zero-order chi connectivity index (χ0) is 18.6. The Morgan fingerprint density at radius 1 is 1.19 bits per heavy atom. The number of likely N-dealkylation sites (tertiary alicyclic amines) is 1. The number of benzene rings is 1. The molecule has 0 aliphatic carbocycles. The van der Waals surface area contributed by atoms with Crippen molar-refractivity contribution in [3.8, 4) is 0 Å². The minimum Gasteiger partial charge on any atom is -0.389 e. The van der Waals surface area contributed by atoms with Gasteiger partial charge in [-0.05, 0) is 44.4 Å². The van der Waals surface area contributed by atoms with Crippen LogP contribution >= 0.6 is 0 Å². The molecule has 0 radical (unpaired) electrons. The molecule has 1 aromatic carbocycles. The minimum atomic E-state index is -0.744. The Bertz CT molecular complexity index is 738. The molecule has 0 saturated carbocycles. The predicted molar refractivity (Wildman–Crippen MR) is 103 cm³/mol. The third-order valence-electron chi connectivity index (χ3n) is 4.82. The summed E-state index contributed by atoms with van der Waals surface area (Å²) in [5.74, 6) is 0.598. The first-order valence-electron chi connectivity index (χ1n) is 9.24. The summed E-state index contributed by atoms with van der Waals surface area (Å²) in [5.41, 5.74) is 0.978. The Balaban J connectivity index is 1.65. The molecule has 2 heterocycles. The maximum absolute atomic E-state index is 12.9. The van der Waals surface area contributed by atoms with Crippen molar-refractivity contribution in [2.75, 3.05) is 18.4 Å². The average Bonchev–Trinajstić information content (AvgIpc) is 2.62. The van der Waals surface area contributed by atoms with Crippen LogP contribution in [0.2, 0.25) is 0 Å². The maximum Gasteiger partial charge on any atom is 0.257 e. The summed E-state index contributed by atoms with van der Waals surface area (Å²) in [6, 6.07) is 13.8. The van der Waals surface area contributed by atoms with Crippen LogP contribution in [0.4, 0.5) is 5.82 Å². The molecule has 2 aromatic rings. The number of aliphatic hydroxyl groups is 1. The van der Waals surface area contributed by atoms with Crippen LogP contribution in [0.3, 0.4) is 0 Å². The summed E-state index contributed by atoms with van der Waals surface area (Å²) in [6.07, 6.45) is 3.49. The molecule has 0 unspecified atom stereocenters. The van der Waals surface area contributed by atoms with Crippen LogP contribution in [0, 0.1) is 0 Å². The highest BCUT2D eigenvalue weighted by atomic mass is 16.3. The van der Waals surface area contributed by atoms with E-state index in [9.17, 15) is 9.90 Å². The van der Waals surface area contributed by atoms with Crippen LogP contribution in [-0.2, 0) is 6.42 Å². The second kappa shape index (κ2) is 7.87. The Morgan fingerprint density at radius 3 is 2.54 bits per heavy atom. The zero-order valence-electron chi connectivity index (χ0n) is 15.5. The van der Waals surface area contributed by atoms with E-state index in [1.807, 2.05) is 55.1 Å². The van der Waals surface area contributed by atoms with E-state index in [0.717, 1.165) is 5.56 Å². The molecule has 3 rings (SSSR count). The predicted octanol–water partition coefficient (Wildman–Crippen LogP) is 3.11. The van der Waals surface area contributed by atoms with Crippen molar-refractivity contribution in [2.24, 2.45) is 0 Å². The monoisotopic (exact) mass is 353 g/mol. The van der Waals surface area contributed by atoms with E-state index in [-0.39, 0.29) is 11.9 Å². The SMILES string of the molecule is CC(C)Nc1ncccc1C(=O)N1CCC(O)(Cc2ccccc2)CC1. The highest BCUT2D eigenvalue weighted by molar-refractivity contribution is 5.98. The summed E-state index contributed by atoms with van der Waals surface area (Å²) in [5, 5.41) is 14.1. The molecule has 1 aliphatic heterocycles. The lowest BCUT2D eigenvalue weighted by Gasteiger charge is -2.38. The van der Waals surface area contributed by atoms with Gasteiger partial charge >= 0.3 is 0 Å². The summed E-state index contributed by atoms with van der Waals surface area (Å²) in [7, 11) is 0. The second-order valence-electron chi connectivity index (χ2n) is 7.38. The molecule has 1 amide bonds. The van der Waals surface area contributed by atoms with Gasteiger partial charge in [0.05, 0.1) is 11.2 Å². The van der Waals surface area contributed by atoms with Gasteiger partial charge < -0.3 is 15.3 Å². The largest absolute Gasteiger partial charge is 0.389 e. The third-order valence-corrected chi connectivity index (χ3v) is 4.82. The number of anilines is 1. The van der Waals surface area contributed by atoms with Gasteiger partial charge in [0, 0.05) is 31.7 Å². The van der Waals surface area contributed by atoms with Crippen molar-refractivity contribution >= 4 is 11.7 Å². The van der Waals surface area contributed by atoms with Crippen LogP contribution in [0.5, 0.6) is 0 Å². The van der Waals surface area contributed by atoms with Gasteiger partial charge in [0.15, 0.2) is 0 Å². The standard InChI is InChI=1S/C21H27N3O2/c1-16(2)23-19-18(9-6-12-22-19)20(25)24-13-10-21(26,11-14-24)15-17-7-4-3-5-8-17/h3-9,12,16,26H,10-11,13-15H2,1-2H3,(H,22,23). The summed E-state index contributed by atoms with van der Waals surface area (Å²) >= 11 is 0. The number of carbonyl (C=O) groups is 1. The second-order valence-corrected chi connectivity index (χ2v) is 7.38. The highest BCUT2D eigenvalue weighted by Crippen LogP contribution is 2.28. The van der Waals surface area contributed by atoms with Gasteiger partial charge in [-0.15, -0.1) is 0 Å². The van der Waals surface area contributed by atoms with Crippen LogP contribution in [-0.4, -0.2) is 45.6 Å². The molecular weight excluding hydrogens is 326 g/mol. The van der Waals surface area contributed by atoms with Crippen LogP contribution < -0.4 is 5.32 Å². The topological polar surface area (TPSA) is 65.5 Å². The van der Waals surface area contributed by atoms with Crippen molar-refractivity contribution in [1.29, 1.82) is 0 Å². The Kier molecular flexibility index (Phi) is 5.57. The Labute approximate surface area is 155 Å². The van der Waals surface area contributed by atoms with Crippen molar-refractivity contribution < 1.29 is 9.90 Å². The fourth-order valence-corrected chi connectivity index (χ4v) is 3.42. The van der Waals surface area contributed by atoms with E-state index in [0.29, 0.717) is 43.7 Å². The van der Waals surface area contributed by atoms with Crippen molar-refractivity contribution in [1.82, 2.24) is 9.88 Å².